The van der Waals surface area contributed by atoms with Gasteiger partial charge in [0.05, 0.1) is 6.61 Å². The van der Waals surface area contributed by atoms with Crippen LogP contribution in [0.25, 0.3) is 10.9 Å². The molecule has 0 fully saturated rings. The number of carbonyl (C=O) groups excluding carboxylic acids is 2. The number of hydrogen-bond donors (Lipinski definition) is 2. The molecule has 8 heteroatoms. The van der Waals surface area contributed by atoms with E-state index in [1.165, 1.54) is 6.20 Å². The fourth-order valence-electron chi connectivity index (χ4n) is 2.69. The van der Waals surface area contributed by atoms with Crippen molar-refractivity contribution < 1.29 is 19.1 Å². The number of hydrogen-bond acceptors (Lipinski definition) is 6. The molecule has 2 aromatic rings. The summed E-state index contributed by atoms with van der Waals surface area (Å²) >= 11 is 1.54. The largest absolute Gasteiger partial charge is 0.462 e. The van der Waals surface area contributed by atoms with E-state index in [1.807, 2.05) is 33.8 Å². The summed E-state index contributed by atoms with van der Waals surface area (Å²) < 4.78 is 10.2. The maximum Gasteiger partial charge on any atom is 0.407 e. The van der Waals surface area contributed by atoms with E-state index < -0.39 is 17.7 Å². The first-order valence-electron chi connectivity index (χ1n) is 9.61. The Bertz CT molecular complexity index is 946. The van der Waals surface area contributed by atoms with Crippen LogP contribution in [0, 0.1) is 0 Å². The van der Waals surface area contributed by atoms with E-state index in [1.54, 1.807) is 24.8 Å². The number of pyridine rings is 1. The highest BCUT2D eigenvalue weighted by Gasteiger charge is 2.17. The third-order valence-electron chi connectivity index (χ3n) is 3.97. The third-order valence-corrected chi connectivity index (χ3v) is 5.07. The van der Waals surface area contributed by atoms with Crippen LogP contribution in [-0.4, -0.2) is 41.6 Å². The molecule has 2 N–H and O–H groups in total. The van der Waals surface area contributed by atoms with E-state index in [-0.39, 0.29) is 17.6 Å². The monoisotopic (exact) mass is 420 g/mol. The molecule has 1 heterocycles. The molecule has 0 aliphatic rings. The maximum atomic E-state index is 12.7. The van der Waals surface area contributed by atoms with Gasteiger partial charge in [0.1, 0.15) is 11.2 Å². The highest BCUT2D eigenvalue weighted by atomic mass is 32.2. The van der Waals surface area contributed by atoms with E-state index in [0.29, 0.717) is 23.2 Å². The second kappa shape index (κ2) is 9.82. The molecule has 0 aliphatic heterocycles. The summed E-state index contributed by atoms with van der Waals surface area (Å²) in [6, 6.07) is 3.73. The van der Waals surface area contributed by atoms with Crippen molar-refractivity contribution in [2.24, 2.45) is 0 Å². The lowest BCUT2D eigenvalue weighted by Gasteiger charge is -2.19. The van der Waals surface area contributed by atoms with Crippen molar-refractivity contribution >= 4 is 34.7 Å². The van der Waals surface area contributed by atoms with Crippen molar-refractivity contribution in [3.05, 3.63) is 39.7 Å². The number of thioether (sulfide) groups is 1. The van der Waals surface area contributed by atoms with Gasteiger partial charge in [0, 0.05) is 34.3 Å². The van der Waals surface area contributed by atoms with Gasteiger partial charge in [0.2, 0.25) is 5.43 Å². The number of aromatic nitrogens is 1. The van der Waals surface area contributed by atoms with E-state index in [0.717, 1.165) is 16.9 Å². The molecular weight excluding hydrogens is 392 g/mol. The molecule has 0 saturated heterocycles. The summed E-state index contributed by atoms with van der Waals surface area (Å²) in [6.45, 7) is 9.80. The topological polar surface area (TPSA) is 97.5 Å². The number of nitrogens with one attached hydrogen (secondary N) is 2. The Hall–Kier alpha value is -2.48. The molecule has 0 spiro atoms. The maximum absolute atomic E-state index is 12.7. The predicted octanol–water partition coefficient (Wildman–Crippen LogP) is 3.88. The molecule has 1 aromatic carbocycles. The van der Waals surface area contributed by atoms with Gasteiger partial charge >= 0.3 is 12.1 Å². The lowest BCUT2D eigenvalue weighted by molar-refractivity contribution is 0.0517. The normalized spacial score (nSPS) is 11.3. The Balaban J connectivity index is 2.17. The quantitative estimate of drug-likeness (QED) is 0.401. The predicted molar refractivity (Wildman–Crippen MR) is 115 cm³/mol. The van der Waals surface area contributed by atoms with Crippen LogP contribution < -0.4 is 10.7 Å². The average Bonchev–Trinajstić information content (AvgIpc) is 2.64. The molecule has 0 aliphatic carbocycles. The SMILES string of the molecule is CCOC(=O)c1c[nH]c2cc(CC)c(SCCNC(=O)OC(C)(C)C)cc2c1=O. The van der Waals surface area contributed by atoms with Crippen LogP contribution >= 0.6 is 11.8 Å². The Morgan fingerprint density at radius 1 is 1.21 bits per heavy atom. The van der Waals surface area contributed by atoms with E-state index in [2.05, 4.69) is 10.3 Å². The molecule has 0 radical (unpaired) electrons. The summed E-state index contributed by atoms with van der Waals surface area (Å²) in [5.41, 5.74) is 0.859. The summed E-state index contributed by atoms with van der Waals surface area (Å²) in [5.74, 6) is -0.0151. The second-order valence-corrected chi connectivity index (χ2v) is 8.52. The van der Waals surface area contributed by atoms with Gasteiger partial charge in [0.25, 0.3) is 0 Å². The zero-order chi connectivity index (χ0) is 21.6. The summed E-state index contributed by atoms with van der Waals surface area (Å²) in [6.07, 6.45) is 1.74. The standard InChI is InChI=1S/C21H28N2O5S/c1-6-13-10-16-14(18(24)15(12-23-16)19(25)27-7-2)11-17(13)29-9-8-22-20(26)28-21(3,4)5/h10-12H,6-9H2,1-5H3,(H,22,26)(H,23,24). The molecule has 0 bridgehead atoms. The second-order valence-electron chi connectivity index (χ2n) is 7.39. The van der Waals surface area contributed by atoms with Gasteiger partial charge in [-0.2, -0.15) is 0 Å². The van der Waals surface area contributed by atoms with Crippen LogP contribution in [0.4, 0.5) is 4.79 Å². The van der Waals surface area contributed by atoms with Gasteiger partial charge in [-0.05, 0) is 51.8 Å². The average molecular weight is 421 g/mol. The van der Waals surface area contributed by atoms with Gasteiger partial charge in [0.15, 0.2) is 0 Å². The number of aromatic amines is 1. The van der Waals surface area contributed by atoms with Crippen LogP contribution in [0.1, 0.15) is 50.5 Å². The van der Waals surface area contributed by atoms with Crippen molar-refractivity contribution in [1.82, 2.24) is 10.3 Å². The number of ether oxygens (including phenoxy) is 2. The highest BCUT2D eigenvalue weighted by molar-refractivity contribution is 7.99. The molecule has 2 rings (SSSR count). The molecule has 0 atom stereocenters. The smallest absolute Gasteiger partial charge is 0.407 e. The minimum Gasteiger partial charge on any atom is -0.462 e. The molecule has 0 saturated carbocycles. The zero-order valence-corrected chi connectivity index (χ0v) is 18.3. The Labute approximate surface area is 174 Å². The lowest BCUT2D eigenvalue weighted by Crippen LogP contribution is -2.33. The number of fused-ring (bicyclic) bond motifs is 1. The number of alkyl carbamates (subject to hydrolysis) is 1. The van der Waals surface area contributed by atoms with Crippen molar-refractivity contribution in [3.8, 4) is 0 Å². The first-order valence-corrected chi connectivity index (χ1v) is 10.6. The van der Waals surface area contributed by atoms with Crippen LogP contribution in [0.15, 0.2) is 28.0 Å². The minimum absolute atomic E-state index is 0.00820. The Morgan fingerprint density at radius 2 is 1.93 bits per heavy atom. The van der Waals surface area contributed by atoms with Crippen molar-refractivity contribution in [3.63, 3.8) is 0 Å². The summed E-state index contributed by atoms with van der Waals surface area (Å²) in [4.78, 5) is 40.4. The summed E-state index contributed by atoms with van der Waals surface area (Å²) in [7, 11) is 0. The fraction of sp³-hybridized carbons (Fsp3) is 0.476. The van der Waals surface area contributed by atoms with Crippen molar-refractivity contribution in [2.75, 3.05) is 18.9 Å². The fourth-order valence-corrected chi connectivity index (χ4v) is 3.71. The van der Waals surface area contributed by atoms with Gasteiger partial charge in [-0.15, -0.1) is 11.8 Å². The molecule has 29 heavy (non-hydrogen) atoms. The lowest BCUT2D eigenvalue weighted by atomic mass is 10.1. The zero-order valence-electron chi connectivity index (χ0n) is 17.5. The minimum atomic E-state index is -0.633. The Morgan fingerprint density at radius 3 is 2.55 bits per heavy atom. The number of rotatable bonds is 7. The Kier molecular flexibility index (Phi) is 7.73. The molecule has 7 nitrogen and oxygen atoms in total. The molecule has 158 valence electrons. The highest BCUT2D eigenvalue weighted by Crippen LogP contribution is 2.27. The number of H-pyrrole nitrogens is 1. The van der Waals surface area contributed by atoms with Crippen molar-refractivity contribution in [1.29, 1.82) is 0 Å². The number of esters is 1. The summed E-state index contributed by atoms with van der Waals surface area (Å²) in [5, 5.41) is 3.16. The molecule has 1 amide bonds. The first kappa shape index (κ1) is 22.8. The van der Waals surface area contributed by atoms with Crippen LogP contribution in [0.2, 0.25) is 0 Å². The van der Waals surface area contributed by atoms with E-state index in [9.17, 15) is 14.4 Å². The van der Waals surface area contributed by atoms with Crippen LogP contribution in [0.3, 0.4) is 0 Å². The molecule has 1 aromatic heterocycles. The van der Waals surface area contributed by atoms with Crippen LogP contribution in [0.5, 0.6) is 0 Å². The third kappa shape index (κ3) is 6.25. The number of aryl methyl sites for hydroxylation is 1. The van der Waals surface area contributed by atoms with E-state index >= 15 is 0 Å². The number of carbonyl (C=O) groups is 2. The van der Waals surface area contributed by atoms with Gasteiger partial charge < -0.3 is 19.8 Å². The van der Waals surface area contributed by atoms with Gasteiger partial charge in [-0.25, -0.2) is 9.59 Å². The van der Waals surface area contributed by atoms with Gasteiger partial charge in [-0.3, -0.25) is 4.79 Å². The van der Waals surface area contributed by atoms with E-state index in [4.69, 9.17) is 9.47 Å². The van der Waals surface area contributed by atoms with Crippen molar-refractivity contribution in [2.45, 2.75) is 51.5 Å². The number of benzene rings is 1. The molecular formula is C21H28N2O5S. The first-order chi connectivity index (χ1) is 13.7. The van der Waals surface area contributed by atoms with Gasteiger partial charge in [-0.1, -0.05) is 6.92 Å². The number of amides is 1. The van der Waals surface area contributed by atoms with Crippen LogP contribution in [-0.2, 0) is 15.9 Å². The molecule has 0 unspecified atom stereocenters.